The van der Waals surface area contributed by atoms with E-state index in [-0.39, 0.29) is 11.5 Å². The highest BCUT2D eigenvalue weighted by atomic mass is 32.2. The lowest BCUT2D eigenvalue weighted by molar-refractivity contribution is 0.0737. The first kappa shape index (κ1) is 12.9. The van der Waals surface area contributed by atoms with Crippen LogP contribution < -0.4 is 4.74 Å². The third-order valence-electron chi connectivity index (χ3n) is 3.88. The van der Waals surface area contributed by atoms with Gasteiger partial charge in [-0.1, -0.05) is 6.07 Å². The molecule has 0 amide bonds. The summed E-state index contributed by atoms with van der Waals surface area (Å²) in [6, 6.07) is 5.92. The summed E-state index contributed by atoms with van der Waals surface area (Å²) in [6.07, 6.45) is 3.03. The molecule has 1 N–H and O–H groups in total. The van der Waals surface area contributed by atoms with E-state index < -0.39 is 22.0 Å². The quantitative estimate of drug-likeness (QED) is 0.882. The SMILES string of the molecule is O=S1(=O)CC(O)C(Oc2ccc3c(c2)CCCC3)C1. The molecule has 1 heterocycles. The second-order valence-electron chi connectivity index (χ2n) is 5.44. The number of sulfone groups is 1. The molecule has 1 aliphatic heterocycles. The summed E-state index contributed by atoms with van der Waals surface area (Å²) in [7, 11) is -3.16. The van der Waals surface area contributed by atoms with Crippen LogP contribution >= 0.6 is 0 Å². The predicted molar refractivity (Wildman–Crippen MR) is 72.2 cm³/mol. The summed E-state index contributed by atoms with van der Waals surface area (Å²) >= 11 is 0. The number of rotatable bonds is 2. The van der Waals surface area contributed by atoms with Gasteiger partial charge in [-0.25, -0.2) is 8.42 Å². The van der Waals surface area contributed by atoms with Gasteiger partial charge in [0, 0.05) is 0 Å². The lowest BCUT2D eigenvalue weighted by Gasteiger charge is -2.19. The molecule has 0 bridgehead atoms. The van der Waals surface area contributed by atoms with E-state index in [1.807, 2.05) is 12.1 Å². The zero-order chi connectivity index (χ0) is 13.5. The van der Waals surface area contributed by atoms with Crippen LogP contribution in [0.4, 0.5) is 0 Å². The van der Waals surface area contributed by atoms with E-state index in [1.165, 1.54) is 24.0 Å². The van der Waals surface area contributed by atoms with Gasteiger partial charge in [-0.2, -0.15) is 0 Å². The number of ether oxygens (including phenoxy) is 1. The number of aliphatic hydroxyl groups is 1. The van der Waals surface area contributed by atoms with Crippen LogP contribution in [-0.2, 0) is 22.7 Å². The molecule has 5 heteroatoms. The van der Waals surface area contributed by atoms with Crippen molar-refractivity contribution in [1.29, 1.82) is 0 Å². The largest absolute Gasteiger partial charge is 0.487 e. The van der Waals surface area contributed by atoms with Crippen molar-refractivity contribution in [1.82, 2.24) is 0 Å². The van der Waals surface area contributed by atoms with E-state index in [0.717, 1.165) is 12.8 Å². The fourth-order valence-electron chi connectivity index (χ4n) is 2.87. The molecule has 3 rings (SSSR count). The molecule has 2 aliphatic rings. The summed E-state index contributed by atoms with van der Waals surface area (Å²) in [4.78, 5) is 0. The Bertz CT molecular complexity index is 579. The van der Waals surface area contributed by atoms with Crippen molar-refractivity contribution in [2.24, 2.45) is 0 Å². The van der Waals surface area contributed by atoms with Gasteiger partial charge >= 0.3 is 0 Å². The molecule has 0 aromatic heterocycles. The van der Waals surface area contributed by atoms with E-state index in [0.29, 0.717) is 5.75 Å². The van der Waals surface area contributed by atoms with E-state index in [2.05, 4.69) is 6.07 Å². The highest BCUT2D eigenvalue weighted by Gasteiger charge is 2.38. The van der Waals surface area contributed by atoms with Crippen LogP contribution in [0, 0.1) is 0 Å². The van der Waals surface area contributed by atoms with Gasteiger partial charge in [0.15, 0.2) is 9.84 Å². The molecule has 0 spiro atoms. The summed E-state index contributed by atoms with van der Waals surface area (Å²) in [5.74, 6) is 0.384. The van der Waals surface area contributed by atoms with Gasteiger partial charge in [0.1, 0.15) is 18.0 Å². The van der Waals surface area contributed by atoms with Crippen LogP contribution in [0.3, 0.4) is 0 Å². The number of fused-ring (bicyclic) bond motifs is 1. The van der Waals surface area contributed by atoms with E-state index in [4.69, 9.17) is 4.74 Å². The average molecular weight is 282 g/mol. The molecular formula is C14H18O4S. The van der Waals surface area contributed by atoms with Gasteiger partial charge in [0.05, 0.1) is 11.5 Å². The Labute approximate surface area is 113 Å². The molecule has 1 aromatic carbocycles. The summed E-state index contributed by atoms with van der Waals surface area (Å²) < 4.78 is 28.5. The lowest BCUT2D eigenvalue weighted by atomic mass is 9.92. The van der Waals surface area contributed by atoms with Crippen LogP contribution in [0.25, 0.3) is 0 Å². The molecule has 0 saturated carbocycles. The van der Waals surface area contributed by atoms with Gasteiger partial charge in [-0.05, 0) is 48.9 Å². The third-order valence-corrected chi connectivity index (χ3v) is 5.57. The first-order valence-corrected chi connectivity index (χ1v) is 8.53. The third kappa shape index (κ3) is 2.77. The van der Waals surface area contributed by atoms with Crippen molar-refractivity contribution in [3.05, 3.63) is 29.3 Å². The number of aliphatic hydroxyl groups excluding tert-OH is 1. The maximum Gasteiger partial charge on any atom is 0.156 e. The van der Waals surface area contributed by atoms with Gasteiger partial charge in [-0.15, -0.1) is 0 Å². The van der Waals surface area contributed by atoms with E-state index in [9.17, 15) is 13.5 Å². The molecular weight excluding hydrogens is 264 g/mol. The number of aryl methyl sites for hydroxylation is 2. The predicted octanol–water partition coefficient (Wildman–Crippen LogP) is 1.10. The van der Waals surface area contributed by atoms with Gasteiger partial charge < -0.3 is 9.84 Å². The number of benzene rings is 1. The van der Waals surface area contributed by atoms with Crippen molar-refractivity contribution >= 4 is 9.84 Å². The Morgan fingerprint density at radius 2 is 1.84 bits per heavy atom. The van der Waals surface area contributed by atoms with Crippen LogP contribution in [0.1, 0.15) is 24.0 Å². The minimum atomic E-state index is -3.16. The molecule has 104 valence electrons. The number of hydrogen-bond acceptors (Lipinski definition) is 4. The second kappa shape index (κ2) is 4.80. The molecule has 2 unspecified atom stereocenters. The smallest absolute Gasteiger partial charge is 0.156 e. The topological polar surface area (TPSA) is 63.6 Å². The Kier molecular flexibility index (Phi) is 3.27. The second-order valence-corrected chi connectivity index (χ2v) is 7.59. The highest BCUT2D eigenvalue weighted by Crippen LogP contribution is 2.27. The molecule has 1 aromatic rings. The molecule has 4 nitrogen and oxygen atoms in total. The summed E-state index contributed by atoms with van der Waals surface area (Å²) in [5.41, 5.74) is 2.65. The van der Waals surface area contributed by atoms with Crippen molar-refractivity contribution in [3.63, 3.8) is 0 Å². The zero-order valence-corrected chi connectivity index (χ0v) is 11.5. The first-order valence-electron chi connectivity index (χ1n) is 6.70. The number of hydrogen-bond donors (Lipinski definition) is 1. The minimum Gasteiger partial charge on any atom is -0.487 e. The molecule has 1 saturated heterocycles. The standard InChI is InChI=1S/C14H18O4S/c15-13-8-19(16,17)9-14(13)18-12-6-5-10-3-1-2-4-11(10)7-12/h5-7,13-15H,1-4,8-9H2. The molecule has 19 heavy (non-hydrogen) atoms. The lowest BCUT2D eigenvalue weighted by Crippen LogP contribution is -2.29. The van der Waals surface area contributed by atoms with Crippen LogP contribution in [0.2, 0.25) is 0 Å². The molecule has 1 aliphatic carbocycles. The Hall–Kier alpha value is -1.07. The van der Waals surface area contributed by atoms with E-state index >= 15 is 0 Å². The molecule has 1 fully saturated rings. The average Bonchev–Trinajstić information content (AvgIpc) is 2.62. The van der Waals surface area contributed by atoms with Crippen LogP contribution in [-0.4, -0.2) is 37.2 Å². The van der Waals surface area contributed by atoms with Gasteiger partial charge in [-0.3, -0.25) is 0 Å². The fourth-order valence-corrected chi connectivity index (χ4v) is 4.53. The van der Waals surface area contributed by atoms with Crippen molar-refractivity contribution in [2.45, 2.75) is 37.9 Å². The maximum atomic E-state index is 11.4. The van der Waals surface area contributed by atoms with Crippen molar-refractivity contribution < 1.29 is 18.3 Å². The normalized spacial score (nSPS) is 28.9. The Balaban J connectivity index is 1.77. The maximum absolute atomic E-state index is 11.4. The Morgan fingerprint density at radius 3 is 2.53 bits per heavy atom. The van der Waals surface area contributed by atoms with Crippen molar-refractivity contribution in [2.75, 3.05) is 11.5 Å². The van der Waals surface area contributed by atoms with Gasteiger partial charge in [0.2, 0.25) is 0 Å². The van der Waals surface area contributed by atoms with Crippen LogP contribution in [0.5, 0.6) is 5.75 Å². The zero-order valence-electron chi connectivity index (χ0n) is 10.7. The molecule has 2 atom stereocenters. The van der Waals surface area contributed by atoms with Crippen molar-refractivity contribution in [3.8, 4) is 5.75 Å². The first-order chi connectivity index (χ1) is 9.03. The monoisotopic (exact) mass is 282 g/mol. The Morgan fingerprint density at radius 1 is 1.11 bits per heavy atom. The fraction of sp³-hybridized carbons (Fsp3) is 0.571. The summed E-state index contributed by atoms with van der Waals surface area (Å²) in [6.45, 7) is 0. The van der Waals surface area contributed by atoms with E-state index in [1.54, 1.807) is 0 Å². The van der Waals surface area contributed by atoms with Crippen LogP contribution in [0.15, 0.2) is 18.2 Å². The summed E-state index contributed by atoms with van der Waals surface area (Å²) in [5, 5.41) is 9.72. The minimum absolute atomic E-state index is 0.0920. The molecule has 0 radical (unpaired) electrons. The highest BCUT2D eigenvalue weighted by molar-refractivity contribution is 7.91. The van der Waals surface area contributed by atoms with Gasteiger partial charge in [0.25, 0.3) is 0 Å².